The molecule has 1 aliphatic heterocycles. The first-order chi connectivity index (χ1) is 15.4. The van der Waals surface area contributed by atoms with Gasteiger partial charge in [0.1, 0.15) is 5.75 Å². The highest BCUT2D eigenvalue weighted by Crippen LogP contribution is 2.25. The van der Waals surface area contributed by atoms with E-state index in [4.69, 9.17) is 9.47 Å². The third kappa shape index (κ3) is 5.57. The molecule has 9 nitrogen and oxygen atoms in total. The van der Waals surface area contributed by atoms with Crippen LogP contribution in [0.25, 0.3) is 0 Å². The fraction of sp³-hybridized carbons (Fsp3) is 0.364. The zero-order valence-electron chi connectivity index (χ0n) is 18.0. The molecule has 3 N–H and O–H groups in total. The molecule has 0 unspecified atom stereocenters. The van der Waals surface area contributed by atoms with E-state index < -0.39 is 21.8 Å². The molecule has 0 saturated carbocycles. The zero-order valence-corrected chi connectivity index (χ0v) is 18.8. The van der Waals surface area contributed by atoms with Gasteiger partial charge >= 0.3 is 0 Å². The van der Waals surface area contributed by atoms with Crippen molar-refractivity contribution in [2.45, 2.75) is 30.8 Å². The summed E-state index contributed by atoms with van der Waals surface area (Å²) in [7, 11) is -2.69. The largest absolute Gasteiger partial charge is 0.496 e. The van der Waals surface area contributed by atoms with Crippen LogP contribution in [0.15, 0.2) is 47.4 Å². The number of hydrogen-bond donors (Lipinski definition) is 3. The van der Waals surface area contributed by atoms with Crippen molar-refractivity contribution in [1.82, 2.24) is 10.6 Å². The van der Waals surface area contributed by atoms with Crippen molar-refractivity contribution in [1.29, 1.82) is 0 Å². The highest BCUT2D eigenvalue weighted by Gasteiger charge is 2.23. The van der Waals surface area contributed by atoms with Gasteiger partial charge in [0, 0.05) is 19.7 Å². The second-order valence-electron chi connectivity index (χ2n) is 7.22. The summed E-state index contributed by atoms with van der Waals surface area (Å²) in [5, 5.41) is 5.42. The third-order valence-corrected chi connectivity index (χ3v) is 6.36. The SMILES string of the molecule is CCNC(=O)c1cc(S(=O)(=O)Nc2ccccc2C(=O)NC[C@@H]2CCCO2)ccc1OC. The van der Waals surface area contributed by atoms with E-state index in [-0.39, 0.29) is 33.6 Å². The van der Waals surface area contributed by atoms with Crippen LogP contribution in [0.1, 0.15) is 40.5 Å². The molecule has 32 heavy (non-hydrogen) atoms. The Hall–Kier alpha value is -3.11. The number of nitrogens with one attached hydrogen (secondary N) is 3. The lowest BCUT2D eigenvalue weighted by atomic mass is 10.1. The minimum atomic E-state index is -4.09. The third-order valence-electron chi connectivity index (χ3n) is 4.99. The summed E-state index contributed by atoms with van der Waals surface area (Å²) in [5.74, 6) is -0.601. The molecule has 1 saturated heterocycles. The number of sulfonamides is 1. The molecule has 2 amide bonds. The first-order valence-corrected chi connectivity index (χ1v) is 11.8. The molecule has 10 heteroatoms. The van der Waals surface area contributed by atoms with Crippen LogP contribution in [0.5, 0.6) is 5.75 Å². The quantitative estimate of drug-likeness (QED) is 0.526. The van der Waals surface area contributed by atoms with E-state index in [1.54, 1.807) is 19.1 Å². The average molecular weight is 462 g/mol. The van der Waals surface area contributed by atoms with Gasteiger partial charge in [-0.3, -0.25) is 14.3 Å². The Bertz CT molecular complexity index is 1080. The first kappa shape index (κ1) is 23.6. The fourth-order valence-electron chi connectivity index (χ4n) is 3.37. The number of methoxy groups -OCH3 is 1. The number of benzene rings is 2. The Balaban J connectivity index is 1.83. The van der Waals surface area contributed by atoms with Gasteiger partial charge in [0.2, 0.25) is 0 Å². The zero-order chi connectivity index (χ0) is 23.1. The standard InChI is InChI=1S/C22H27N3O6S/c1-3-23-22(27)18-13-16(10-11-20(18)30-2)32(28,29)25-19-9-5-4-8-17(19)21(26)24-14-15-7-6-12-31-15/h4-5,8-11,13,15,25H,3,6-7,12,14H2,1-2H3,(H,23,27)(H,24,26)/t15-/m0/s1. The minimum absolute atomic E-state index is 0.0326. The second-order valence-corrected chi connectivity index (χ2v) is 8.90. The van der Waals surface area contributed by atoms with Gasteiger partial charge in [0.25, 0.3) is 21.8 Å². The first-order valence-electron chi connectivity index (χ1n) is 10.3. The van der Waals surface area contributed by atoms with Crippen molar-refractivity contribution in [2.75, 3.05) is 31.5 Å². The van der Waals surface area contributed by atoms with E-state index in [2.05, 4.69) is 15.4 Å². The molecule has 1 fully saturated rings. The van der Waals surface area contributed by atoms with Crippen LogP contribution in [-0.2, 0) is 14.8 Å². The molecule has 1 aliphatic rings. The molecule has 0 radical (unpaired) electrons. The molecule has 0 aromatic heterocycles. The van der Waals surface area contributed by atoms with Gasteiger partial charge < -0.3 is 20.1 Å². The van der Waals surface area contributed by atoms with Crippen molar-refractivity contribution in [3.05, 3.63) is 53.6 Å². The predicted octanol–water partition coefficient (Wildman–Crippen LogP) is 2.15. The molecule has 1 heterocycles. The lowest BCUT2D eigenvalue weighted by Gasteiger charge is -2.15. The molecule has 0 bridgehead atoms. The van der Waals surface area contributed by atoms with E-state index in [0.717, 1.165) is 12.8 Å². The lowest BCUT2D eigenvalue weighted by Crippen LogP contribution is -2.32. The summed E-state index contributed by atoms with van der Waals surface area (Å²) >= 11 is 0. The van der Waals surface area contributed by atoms with Gasteiger partial charge in [-0.25, -0.2) is 8.42 Å². The van der Waals surface area contributed by atoms with Crippen molar-refractivity contribution >= 4 is 27.5 Å². The number of amides is 2. The Labute approximate surface area is 187 Å². The van der Waals surface area contributed by atoms with Gasteiger partial charge in [-0.1, -0.05) is 12.1 Å². The molecule has 172 valence electrons. The molecule has 1 atom stereocenters. The monoisotopic (exact) mass is 461 g/mol. The van der Waals surface area contributed by atoms with E-state index in [1.165, 1.54) is 37.4 Å². The Morgan fingerprint density at radius 1 is 1.09 bits per heavy atom. The molecule has 2 aromatic rings. The fourth-order valence-corrected chi connectivity index (χ4v) is 4.47. The summed E-state index contributed by atoms with van der Waals surface area (Å²) in [6.07, 6.45) is 1.80. The maximum atomic E-state index is 13.0. The van der Waals surface area contributed by atoms with Crippen molar-refractivity contribution in [3.8, 4) is 5.75 Å². The van der Waals surface area contributed by atoms with Gasteiger partial charge in [-0.15, -0.1) is 0 Å². The van der Waals surface area contributed by atoms with E-state index >= 15 is 0 Å². The number of carbonyl (C=O) groups is 2. The van der Waals surface area contributed by atoms with Gasteiger partial charge in [-0.05, 0) is 50.1 Å². The normalized spacial score (nSPS) is 15.8. The van der Waals surface area contributed by atoms with Gasteiger partial charge in [-0.2, -0.15) is 0 Å². The molecule has 0 spiro atoms. The summed E-state index contributed by atoms with van der Waals surface area (Å²) in [6, 6.07) is 10.3. The summed E-state index contributed by atoms with van der Waals surface area (Å²) in [4.78, 5) is 24.9. The number of carbonyl (C=O) groups excluding carboxylic acids is 2. The molecular formula is C22H27N3O6S. The number of ether oxygens (including phenoxy) is 2. The maximum Gasteiger partial charge on any atom is 0.261 e. The number of hydrogen-bond acceptors (Lipinski definition) is 6. The van der Waals surface area contributed by atoms with Crippen LogP contribution in [0.4, 0.5) is 5.69 Å². The molecular weight excluding hydrogens is 434 g/mol. The average Bonchev–Trinajstić information content (AvgIpc) is 3.31. The smallest absolute Gasteiger partial charge is 0.261 e. The number of anilines is 1. The number of para-hydroxylation sites is 1. The summed E-state index contributed by atoms with van der Waals surface area (Å²) < 4.78 is 39.2. The van der Waals surface area contributed by atoms with Crippen molar-refractivity contribution < 1.29 is 27.5 Å². The Kier molecular flexibility index (Phi) is 7.70. The maximum absolute atomic E-state index is 13.0. The van der Waals surface area contributed by atoms with E-state index in [9.17, 15) is 18.0 Å². The van der Waals surface area contributed by atoms with Gasteiger partial charge in [0.05, 0.1) is 34.9 Å². The molecule has 3 rings (SSSR count). The topological polar surface area (TPSA) is 123 Å². The van der Waals surface area contributed by atoms with Crippen LogP contribution in [-0.4, -0.2) is 53.1 Å². The van der Waals surface area contributed by atoms with Crippen LogP contribution in [0.3, 0.4) is 0 Å². The van der Waals surface area contributed by atoms with E-state index in [1.807, 2.05) is 0 Å². The van der Waals surface area contributed by atoms with Crippen molar-refractivity contribution in [3.63, 3.8) is 0 Å². The predicted molar refractivity (Wildman–Crippen MR) is 120 cm³/mol. The minimum Gasteiger partial charge on any atom is -0.496 e. The van der Waals surface area contributed by atoms with Crippen LogP contribution >= 0.6 is 0 Å². The summed E-state index contributed by atoms with van der Waals surface area (Å²) in [6.45, 7) is 3.17. The van der Waals surface area contributed by atoms with E-state index in [0.29, 0.717) is 19.7 Å². The van der Waals surface area contributed by atoms with Crippen LogP contribution in [0, 0.1) is 0 Å². The molecule has 0 aliphatic carbocycles. The Morgan fingerprint density at radius 3 is 2.53 bits per heavy atom. The molecule has 2 aromatic carbocycles. The Morgan fingerprint density at radius 2 is 1.84 bits per heavy atom. The summed E-state index contributed by atoms with van der Waals surface area (Å²) in [5.41, 5.74) is 0.416. The lowest BCUT2D eigenvalue weighted by molar-refractivity contribution is 0.0858. The van der Waals surface area contributed by atoms with Gasteiger partial charge in [0.15, 0.2) is 0 Å². The highest BCUT2D eigenvalue weighted by molar-refractivity contribution is 7.92. The number of rotatable bonds is 9. The second kappa shape index (κ2) is 10.5. The van der Waals surface area contributed by atoms with Crippen LogP contribution in [0.2, 0.25) is 0 Å². The highest BCUT2D eigenvalue weighted by atomic mass is 32.2. The van der Waals surface area contributed by atoms with Crippen LogP contribution < -0.4 is 20.1 Å². The van der Waals surface area contributed by atoms with Crippen molar-refractivity contribution in [2.24, 2.45) is 0 Å².